The molecule has 0 unspecified atom stereocenters. The zero-order valence-corrected chi connectivity index (χ0v) is 17.4. The Morgan fingerprint density at radius 1 is 1.24 bits per heavy atom. The van der Waals surface area contributed by atoms with Gasteiger partial charge < -0.3 is 20.2 Å². The maximum Gasteiger partial charge on any atom is 0.317 e. The molecule has 1 aromatic rings. The van der Waals surface area contributed by atoms with E-state index in [1.807, 2.05) is 11.0 Å². The van der Waals surface area contributed by atoms with Crippen molar-refractivity contribution in [2.24, 2.45) is 0 Å². The molecule has 2 N–H and O–H groups in total. The Hall–Kier alpha value is -2.19. The molecule has 0 radical (unpaired) electrons. The van der Waals surface area contributed by atoms with Crippen molar-refractivity contribution in [1.29, 1.82) is 0 Å². The van der Waals surface area contributed by atoms with Crippen LogP contribution in [0, 0.1) is 5.82 Å². The summed E-state index contributed by atoms with van der Waals surface area (Å²) >= 11 is 0. The lowest BCUT2D eigenvalue weighted by atomic mass is 9.85. The highest BCUT2D eigenvalue weighted by Gasteiger charge is 2.40. The van der Waals surface area contributed by atoms with Crippen LogP contribution < -0.4 is 5.32 Å². The Morgan fingerprint density at radius 3 is 2.59 bits per heavy atom. The van der Waals surface area contributed by atoms with Gasteiger partial charge in [0.15, 0.2) is 0 Å². The highest BCUT2D eigenvalue weighted by molar-refractivity contribution is 5.74. The molecule has 2 fully saturated rings. The largest absolute Gasteiger partial charge is 0.483 e. The van der Waals surface area contributed by atoms with E-state index in [1.165, 1.54) is 18.6 Å². The molecule has 0 bridgehead atoms. The summed E-state index contributed by atoms with van der Waals surface area (Å²) in [6.07, 6.45) is 3.89. The van der Waals surface area contributed by atoms with Crippen LogP contribution in [0.3, 0.4) is 0 Å². The van der Waals surface area contributed by atoms with Crippen molar-refractivity contribution in [1.82, 2.24) is 20.0 Å². The lowest BCUT2D eigenvalue weighted by Crippen LogP contribution is -2.59. The summed E-state index contributed by atoms with van der Waals surface area (Å²) in [4.78, 5) is 27.7. The second-order valence-electron chi connectivity index (χ2n) is 7.94. The van der Waals surface area contributed by atoms with Crippen molar-refractivity contribution < 1.29 is 19.1 Å². The van der Waals surface area contributed by atoms with Gasteiger partial charge in [0.05, 0.1) is 0 Å². The Morgan fingerprint density at radius 2 is 1.93 bits per heavy atom. The van der Waals surface area contributed by atoms with E-state index < -0.39 is 0 Å². The average molecular weight is 409 g/mol. The van der Waals surface area contributed by atoms with E-state index in [0.29, 0.717) is 13.0 Å². The molecule has 0 aliphatic carbocycles. The number of carbonyl (C=O) groups excluding carboxylic acids is 1. The first-order valence-corrected chi connectivity index (χ1v) is 10.1. The highest BCUT2D eigenvalue weighted by Crippen LogP contribution is 2.30. The molecule has 0 saturated carbocycles. The van der Waals surface area contributed by atoms with Crippen LogP contribution in [-0.4, -0.2) is 91.2 Å². The molecule has 2 heterocycles. The Balaban J connectivity index is 0.000000941. The van der Waals surface area contributed by atoms with E-state index in [2.05, 4.69) is 29.2 Å². The van der Waals surface area contributed by atoms with Crippen molar-refractivity contribution in [3.8, 4) is 0 Å². The normalized spacial score (nSPS) is 19.8. The third-order valence-corrected chi connectivity index (χ3v) is 5.97. The molecule has 0 atom stereocenters. The van der Waals surface area contributed by atoms with Crippen molar-refractivity contribution in [3.05, 3.63) is 35.6 Å². The number of benzene rings is 1. The van der Waals surface area contributed by atoms with E-state index in [0.717, 1.165) is 51.1 Å². The van der Waals surface area contributed by atoms with E-state index in [1.54, 1.807) is 6.07 Å². The lowest BCUT2D eigenvalue weighted by Gasteiger charge is -2.47. The van der Waals surface area contributed by atoms with Crippen molar-refractivity contribution in [2.75, 3.05) is 53.4 Å². The molecule has 2 aliphatic rings. The van der Waals surface area contributed by atoms with Gasteiger partial charge in [-0.25, -0.2) is 9.18 Å². The minimum atomic E-state index is -0.250. The summed E-state index contributed by atoms with van der Waals surface area (Å²) in [6.45, 7) is 5.24. The van der Waals surface area contributed by atoms with Crippen LogP contribution in [0.1, 0.15) is 24.8 Å². The van der Waals surface area contributed by atoms with Crippen LogP contribution in [0.2, 0.25) is 0 Å². The van der Waals surface area contributed by atoms with Crippen LogP contribution >= 0.6 is 0 Å². The molecule has 2 saturated heterocycles. The quantitative estimate of drug-likeness (QED) is 0.747. The van der Waals surface area contributed by atoms with Crippen LogP contribution in [0.5, 0.6) is 0 Å². The van der Waals surface area contributed by atoms with E-state index in [4.69, 9.17) is 9.90 Å². The molecule has 29 heavy (non-hydrogen) atoms. The molecular formula is C21H33FN4O3. The molecule has 2 aliphatic heterocycles. The number of hydrogen-bond acceptors (Lipinski definition) is 4. The van der Waals surface area contributed by atoms with Gasteiger partial charge in [0.25, 0.3) is 6.47 Å². The Labute approximate surface area is 172 Å². The third-order valence-electron chi connectivity index (χ3n) is 5.97. The number of carboxylic acid groups (broad SMARTS) is 1. The number of amides is 2. The highest BCUT2D eigenvalue weighted by atomic mass is 19.1. The molecule has 162 valence electrons. The number of rotatable bonds is 3. The van der Waals surface area contributed by atoms with Gasteiger partial charge in [-0.1, -0.05) is 12.1 Å². The Bertz CT molecular complexity index is 665. The van der Waals surface area contributed by atoms with E-state index in [-0.39, 0.29) is 23.9 Å². The fraction of sp³-hybridized carbons (Fsp3) is 0.619. The molecule has 1 aromatic carbocycles. The number of nitrogens with one attached hydrogen (secondary N) is 1. The second kappa shape index (κ2) is 11.1. The minimum absolute atomic E-state index is 0.000817. The van der Waals surface area contributed by atoms with Gasteiger partial charge in [0.2, 0.25) is 0 Å². The third kappa shape index (κ3) is 6.68. The van der Waals surface area contributed by atoms with Gasteiger partial charge >= 0.3 is 6.03 Å². The first-order chi connectivity index (χ1) is 13.9. The number of hydrogen-bond donors (Lipinski definition) is 2. The maximum atomic E-state index is 13.2. The molecule has 1 spiro atoms. The fourth-order valence-corrected chi connectivity index (χ4v) is 4.30. The summed E-state index contributed by atoms with van der Waals surface area (Å²) in [5.74, 6) is -0.229. The Kier molecular flexibility index (Phi) is 8.85. The van der Waals surface area contributed by atoms with Crippen LogP contribution in [0.4, 0.5) is 9.18 Å². The minimum Gasteiger partial charge on any atom is -0.483 e. The number of carbonyl (C=O) groups is 2. The number of halogens is 1. The summed E-state index contributed by atoms with van der Waals surface area (Å²) < 4.78 is 13.2. The number of likely N-dealkylation sites (tertiary alicyclic amines) is 1. The summed E-state index contributed by atoms with van der Waals surface area (Å²) in [5.41, 5.74) is 1.11. The molecular weight excluding hydrogens is 375 g/mol. The second-order valence-corrected chi connectivity index (χ2v) is 7.94. The van der Waals surface area contributed by atoms with E-state index >= 15 is 0 Å². The molecule has 8 heteroatoms. The van der Waals surface area contributed by atoms with Crippen molar-refractivity contribution in [3.63, 3.8) is 0 Å². The molecule has 7 nitrogen and oxygen atoms in total. The smallest absolute Gasteiger partial charge is 0.317 e. The molecule has 0 aromatic heterocycles. The zero-order valence-electron chi connectivity index (χ0n) is 17.4. The molecule has 3 rings (SSSR count). The van der Waals surface area contributed by atoms with Gasteiger partial charge in [0, 0.05) is 31.7 Å². The van der Waals surface area contributed by atoms with Gasteiger partial charge in [-0.15, -0.1) is 0 Å². The van der Waals surface area contributed by atoms with Gasteiger partial charge in [-0.05, 0) is 70.6 Å². The number of likely N-dealkylation sites (N-methyl/N-ethyl adjacent to an activating group) is 2. The van der Waals surface area contributed by atoms with Crippen LogP contribution in [0.15, 0.2) is 24.3 Å². The maximum absolute atomic E-state index is 13.2. The summed E-state index contributed by atoms with van der Waals surface area (Å²) in [7, 11) is 4.43. The SMILES string of the molecule is CN1CCCN(C)C2(CCN(C(=O)NCCc3cccc(F)c3)CC2)C1.O=CO. The topological polar surface area (TPSA) is 76.1 Å². The van der Waals surface area contributed by atoms with Crippen LogP contribution in [-0.2, 0) is 11.2 Å². The summed E-state index contributed by atoms with van der Waals surface area (Å²) in [6, 6.07) is 6.55. The number of piperidine rings is 1. The van der Waals surface area contributed by atoms with Gasteiger partial charge in [0.1, 0.15) is 5.82 Å². The van der Waals surface area contributed by atoms with Crippen molar-refractivity contribution in [2.45, 2.75) is 31.2 Å². The van der Waals surface area contributed by atoms with Gasteiger partial charge in [-0.3, -0.25) is 9.69 Å². The standard InChI is InChI=1S/C20H31FN4O.CH2O2/c1-23-11-4-12-24(2)20(16-23)8-13-25(14-9-20)19(26)22-10-7-17-5-3-6-18(21)15-17;2-1-3/h3,5-6,15H,4,7-14,16H2,1-2H3,(H,22,26);1H,(H,2,3). The number of nitrogens with zero attached hydrogens (tertiary/aromatic N) is 3. The lowest BCUT2D eigenvalue weighted by molar-refractivity contribution is -0.122. The van der Waals surface area contributed by atoms with Crippen LogP contribution in [0.25, 0.3) is 0 Å². The predicted molar refractivity (Wildman–Crippen MR) is 110 cm³/mol. The zero-order chi connectivity index (χ0) is 21.3. The first-order valence-electron chi connectivity index (χ1n) is 10.1. The van der Waals surface area contributed by atoms with Gasteiger partial charge in [-0.2, -0.15) is 0 Å². The summed E-state index contributed by atoms with van der Waals surface area (Å²) in [5, 5.41) is 9.87. The fourth-order valence-electron chi connectivity index (χ4n) is 4.30. The van der Waals surface area contributed by atoms with E-state index in [9.17, 15) is 9.18 Å². The predicted octanol–water partition coefficient (Wildman–Crippen LogP) is 1.88. The first kappa shape index (κ1) is 23.1. The molecule has 2 amide bonds. The monoisotopic (exact) mass is 408 g/mol. The average Bonchev–Trinajstić information content (AvgIpc) is 2.81. The van der Waals surface area contributed by atoms with Crippen molar-refractivity contribution >= 4 is 12.5 Å². The number of urea groups is 1.